The zero-order valence-corrected chi connectivity index (χ0v) is 19.0. The monoisotopic (exact) mass is 469 g/mol. The normalized spacial score (nSPS) is 14.0. The molecule has 0 radical (unpaired) electrons. The van der Waals surface area contributed by atoms with Crippen LogP contribution in [-0.2, 0) is 15.4 Å². The number of nitrogens with two attached hydrogens (primary N) is 1. The molecule has 0 spiro atoms. The van der Waals surface area contributed by atoms with Crippen LogP contribution in [0.3, 0.4) is 0 Å². The average molecular weight is 470 g/mol. The Morgan fingerprint density at radius 1 is 1.25 bits per heavy atom. The summed E-state index contributed by atoms with van der Waals surface area (Å²) in [6.07, 6.45) is 2.58. The van der Waals surface area contributed by atoms with Gasteiger partial charge in [0.05, 0.1) is 42.3 Å². The number of carbonyl (C=O) groups excluding carboxylic acids is 1. The number of hydrogen-bond donors (Lipinski definition) is 2. The second kappa shape index (κ2) is 9.98. The highest BCUT2D eigenvalue weighted by atomic mass is 32.2. The van der Waals surface area contributed by atoms with Gasteiger partial charge in [0, 0.05) is 12.2 Å². The zero-order chi connectivity index (χ0) is 24.1. The highest BCUT2D eigenvalue weighted by Gasteiger charge is 2.38. The molecule has 0 aliphatic heterocycles. The third-order valence-corrected chi connectivity index (χ3v) is 6.52. The fourth-order valence-electron chi connectivity index (χ4n) is 2.95. The Hall–Kier alpha value is -3.15. The number of aromatic nitrogens is 2. The lowest BCUT2D eigenvalue weighted by Crippen LogP contribution is -2.35. The van der Waals surface area contributed by atoms with Crippen molar-refractivity contribution in [1.82, 2.24) is 9.97 Å². The minimum atomic E-state index is -3.71. The van der Waals surface area contributed by atoms with Crippen molar-refractivity contribution in [2.24, 2.45) is 10.7 Å². The van der Waals surface area contributed by atoms with Crippen LogP contribution < -0.4 is 15.8 Å². The van der Waals surface area contributed by atoms with Crippen LogP contribution in [0.25, 0.3) is 0 Å². The molecule has 0 saturated carbocycles. The number of hydrogen-bond acceptors (Lipinski definition) is 7. The summed E-state index contributed by atoms with van der Waals surface area (Å²) in [5.41, 5.74) is 2.79. The smallest absolute Gasteiger partial charge is 0.275 e. The molecular formula is C20H25F2N5O4S. The van der Waals surface area contributed by atoms with E-state index in [1.807, 2.05) is 0 Å². The van der Waals surface area contributed by atoms with Crippen LogP contribution in [0.2, 0.25) is 0 Å². The number of carbonyl (C=O) groups is 1. The Morgan fingerprint density at radius 3 is 2.47 bits per heavy atom. The van der Waals surface area contributed by atoms with Crippen molar-refractivity contribution < 1.29 is 26.7 Å². The van der Waals surface area contributed by atoms with Crippen LogP contribution in [0.1, 0.15) is 43.2 Å². The quantitative estimate of drug-likeness (QED) is 0.425. The maximum Gasteiger partial charge on any atom is 0.275 e. The van der Waals surface area contributed by atoms with Crippen molar-refractivity contribution in [1.29, 1.82) is 0 Å². The molecule has 0 saturated heterocycles. The number of nitrogens with one attached hydrogen (secondary N) is 1. The molecule has 12 heteroatoms. The molecule has 174 valence electrons. The Bertz CT molecular complexity index is 1120. The first-order valence-corrected chi connectivity index (χ1v) is 11.5. The van der Waals surface area contributed by atoms with Gasteiger partial charge in [-0.05, 0) is 19.1 Å². The molecule has 2 aromatic rings. The minimum absolute atomic E-state index is 0.0283. The lowest BCUT2D eigenvalue weighted by Gasteiger charge is -2.28. The average Bonchev–Trinajstić information content (AvgIpc) is 2.75. The lowest BCUT2D eigenvalue weighted by atomic mass is 9.92. The SMILES string of the molecule is CCC(N)=N[C@@](C)(CS(=O)(=O)CC)c1c(F)ccc(NC(=O)c2cnc(OC)cn2)c1F. The molecular weight excluding hydrogens is 444 g/mol. The van der Waals surface area contributed by atoms with Gasteiger partial charge in [-0.1, -0.05) is 13.8 Å². The summed E-state index contributed by atoms with van der Waals surface area (Å²) in [6, 6.07) is 1.94. The molecule has 1 aromatic heterocycles. The maximum atomic E-state index is 15.4. The van der Waals surface area contributed by atoms with Gasteiger partial charge in [-0.2, -0.15) is 0 Å². The van der Waals surface area contributed by atoms with Crippen molar-refractivity contribution in [2.75, 3.05) is 23.9 Å². The summed E-state index contributed by atoms with van der Waals surface area (Å²) in [5, 5.41) is 2.29. The van der Waals surface area contributed by atoms with Crippen LogP contribution in [0, 0.1) is 11.6 Å². The second-order valence-corrected chi connectivity index (χ2v) is 9.44. The molecule has 9 nitrogen and oxygen atoms in total. The number of halogens is 2. The third-order valence-electron chi connectivity index (χ3n) is 4.64. The van der Waals surface area contributed by atoms with E-state index in [1.165, 1.54) is 27.2 Å². The molecule has 0 aliphatic carbocycles. The number of sulfone groups is 1. The number of amidine groups is 1. The standard InChI is InChI=1S/C20H25F2N5O4S/c1-5-15(23)27-20(3,11-32(29,30)6-2)17-12(21)7-8-13(18(17)22)26-19(28)14-9-25-16(31-4)10-24-14/h7-10H,5-6,11H2,1-4H3,(H2,23,27)(H,26,28)/t20-/m0/s1. The van der Waals surface area contributed by atoms with E-state index in [4.69, 9.17) is 10.5 Å². The topological polar surface area (TPSA) is 137 Å². The Morgan fingerprint density at radius 2 is 1.94 bits per heavy atom. The molecule has 1 atom stereocenters. The van der Waals surface area contributed by atoms with Crippen LogP contribution in [0.4, 0.5) is 14.5 Å². The summed E-state index contributed by atoms with van der Waals surface area (Å²) in [6.45, 7) is 4.37. The van der Waals surface area contributed by atoms with E-state index in [-0.39, 0.29) is 35.3 Å². The van der Waals surface area contributed by atoms with Gasteiger partial charge in [-0.3, -0.25) is 9.79 Å². The number of amides is 1. The number of methoxy groups -OCH3 is 1. The van der Waals surface area contributed by atoms with E-state index >= 15 is 4.39 Å². The first-order chi connectivity index (χ1) is 15.0. The maximum absolute atomic E-state index is 15.4. The molecule has 0 fully saturated rings. The van der Waals surface area contributed by atoms with Gasteiger partial charge >= 0.3 is 0 Å². The number of rotatable bonds is 9. The van der Waals surface area contributed by atoms with Crippen molar-refractivity contribution in [3.05, 3.63) is 47.4 Å². The molecule has 0 unspecified atom stereocenters. The predicted octanol–water partition coefficient (Wildman–Crippen LogP) is 2.43. The van der Waals surface area contributed by atoms with E-state index < -0.39 is 44.2 Å². The highest BCUT2D eigenvalue weighted by Crippen LogP contribution is 2.35. The summed E-state index contributed by atoms with van der Waals surface area (Å²) in [5.74, 6) is -3.72. The Balaban J connectivity index is 2.54. The molecule has 3 N–H and O–H groups in total. The summed E-state index contributed by atoms with van der Waals surface area (Å²) >= 11 is 0. The van der Waals surface area contributed by atoms with Gasteiger partial charge in [-0.25, -0.2) is 27.2 Å². The third kappa shape index (κ3) is 5.75. The number of anilines is 1. The van der Waals surface area contributed by atoms with Crippen molar-refractivity contribution in [3.8, 4) is 5.88 Å². The van der Waals surface area contributed by atoms with Gasteiger partial charge in [0.25, 0.3) is 5.91 Å². The van der Waals surface area contributed by atoms with E-state index in [1.54, 1.807) is 6.92 Å². The van der Waals surface area contributed by atoms with Gasteiger partial charge in [0.15, 0.2) is 15.7 Å². The largest absolute Gasteiger partial charge is 0.480 e. The molecule has 0 aliphatic rings. The van der Waals surface area contributed by atoms with Gasteiger partial charge in [-0.15, -0.1) is 0 Å². The molecule has 1 heterocycles. The Labute approximate surface area is 185 Å². The van der Waals surface area contributed by atoms with E-state index in [9.17, 15) is 17.6 Å². The van der Waals surface area contributed by atoms with Crippen LogP contribution >= 0.6 is 0 Å². The van der Waals surface area contributed by atoms with Gasteiger partial charge in [0.1, 0.15) is 17.1 Å². The second-order valence-electron chi connectivity index (χ2n) is 7.09. The number of aliphatic imine (C=N–C) groups is 1. The van der Waals surface area contributed by atoms with Crippen molar-refractivity contribution in [3.63, 3.8) is 0 Å². The fourth-order valence-corrected chi connectivity index (χ4v) is 4.22. The lowest BCUT2D eigenvalue weighted by molar-refractivity contribution is 0.102. The number of benzene rings is 1. The summed E-state index contributed by atoms with van der Waals surface area (Å²) in [4.78, 5) is 24.3. The van der Waals surface area contributed by atoms with Crippen LogP contribution in [-0.4, -0.2) is 48.7 Å². The molecule has 2 rings (SSSR count). The zero-order valence-electron chi connectivity index (χ0n) is 18.1. The number of ether oxygens (including phenoxy) is 1. The van der Waals surface area contributed by atoms with E-state index in [0.29, 0.717) is 0 Å². The first-order valence-electron chi connectivity index (χ1n) is 9.66. The van der Waals surface area contributed by atoms with Gasteiger partial charge < -0.3 is 15.8 Å². The highest BCUT2D eigenvalue weighted by molar-refractivity contribution is 7.91. The summed E-state index contributed by atoms with van der Waals surface area (Å²) < 4.78 is 59.8. The van der Waals surface area contributed by atoms with Crippen LogP contribution in [0.5, 0.6) is 5.88 Å². The van der Waals surface area contributed by atoms with Crippen molar-refractivity contribution >= 4 is 27.3 Å². The molecule has 1 amide bonds. The van der Waals surface area contributed by atoms with E-state index in [2.05, 4.69) is 20.3 Å². The number of nitrogens with zero attached hydrogens (tertiary/aromatic N) is 3. The Kier molecular flexibility index (Phi) is 7.83. The molecule has 0 bridgehead atoms. The first kappa shape index (κ1) is 25.1. The molecule has 1 aromatic carbocycles. The predicted molar refractivity (Wildman–Crippen MR) is 116 cm³/mol. The fraction of sp³-hybridized carbons (Fsp3) is 0.400. The molecule has 32 heavy (non-hydrogen) atoms. The minimum Gasteiger partial charge on any atom is -0.480 e. The van der Waals surface area contributed by atoms with Gasteiger partial charge in [0.2, 0.25) is 5.88 Å². The van der Waals surface area contributed by atoms with Crippen molar-refractivity contribution in [2.45, 2.75) is 32.7 Å². The van der Waals surface area contributed by atoms with E-state index in [0.717, 1.165) is 18.3 Å². The van der Waals surface area contributed by atoms with Crippen LogP contribution in [0.15, 0.2) is 29.5 Å². The summed E-state index contributed by atoms with van der Waals surface area (Å²) in [7, 11) is -2.33.